The van der Waals surface area contributed by atoms with Gasteiger partial charge in [0.15, 0.2) is 0 Å². The molecule has 96 valence electrons. The Kier molecular flexibility index (Phi) is 6.14. The van der Waals surface area contributed by atoms with Crippen molar-refractivity contribution < 1.29 is 14.3 Å². The van der Waals surface area contributed by atoms with E-state index in [1.807, 2.05) is 24.3 Å². The summed E-state index contributed by atoms with van der Waals surface area (Å²) in [5, 5.41) is 3.04. The maximum atomic E-state index is 11.0. The number of esters is 1. The van der Waals surface area contributed by atoms with Crippen molar-refractivity contribution in [2.45, 2.75) is 13.3 Å². The number of carbonyl (C=O) groups excluding carboxylic acids is 2. The standard InChI is InChI=1S/C13H14BrNO3/c1-10(16)9-13(17)18-8-4-7-15-12-6-3-2-5-11(12)14/h2-7,15H,8-9H2,1H3. The van der Waals surface area contributed by atoms with Crippen LogP contribution in [0, 0.1) is 0 Å². The van der Waals surface area contributed by atoms with Crippen molar-refractivity contribution in [2.24, 2.45) is 0 Å². The molecule has 0 amide bonds. The van der Waals surface area contributed by atoms with E-state index in [9.17, 15) is 9.59 Å². The molecule has 0 atom stereocenters. The Hall–Kier alpha value is -1.62. The lowest BCUT2D eigenvalue weighted by molar-refractivity contribution is -0.144. The highest BCUT2D eigenvalue weighted by Gasteiger charge is 2.04. The molecular weight excluding hydrogens is 298 g/mol. The zero-order chi connectivity index (χ0) is 13.4. The van der Waals surface area contributed by atoms with Gasteiger partial charge < -0.3 is 10.1 Å². The van der Waals surface area contributed by atoms with E-state index in [1.165, 1.54) is 6.92 Å². The molecule has 0 aliphatic carbocycles. The van der Waals surface area contributed by atoms with Crippen molar-refractivity contribution >= 4 is 33.4 Å². The first kappa shape index (κ1) is 14.4. The predicted molar refractivity (Wildman–Crippen MR) is 73.2 cm³/mol. The van der Waals surface area contributed by atoms with Gasteiger partial charge in [-0.25, -0.2) is 0 Å². The number of ketones is 1. The van der Waals surface area contributed by atoms with Gasteiger partial charge in [-0.15, -0.1) is 0 Å². The van der Waals surface area contributed by atoms with Gasteiger partial charge in [0.25, 0.3) is 0 Å². The molecule has 0 bridgehead atoms. The molecule has 0 fully saturated rings. The first-order chi connectivity index (χ1) is 8.59. The van der Waals surface area contributed by atoms with Gasteiger partial charge in [-0.05, 0) is 41.1 Å². The molecular formula is C13H14BrNO3. The van der Waals surface area contributed by atoms with Crippen molar-refractivity contribution in [3.8, 4) is 0 Å². The molecule has 18 heavy (non-hydrogen) atoms. The summed E-state index contributed by atoms with van der Waals surface area (Å²) in [6.45, 7) is 1.50. The Morgan fingerprint density at radius 2 is 2.11 bits per heavy atom. The second kappa shape index (κ2) is 7.66. The van der Waals surface area contributed by atoms with Crippen LogP contribution in [0.4, 0.5) is 5.69 Å². The fraction of sp³-hybridized carbons (Fsp3) is 0.231. The molecule has 0 aliphatic heterocycles. The summed E-state index contributed by atoms with van der Waals surface area (Å²) in [6, 6.07) is 7.66. The van der Waals surface area contributed by atoms with Gasteiger partial charge in [-0.2, -0.15) is 0 Å². The maximum absolute atomic E-state index is 11.0. The minimum absolute atomic E-state index is 0.142. The van der Waals surface area contributed by atoms with Gasteiger partial charge in [-0.3, -0.25) is 9.59 Å². The van der Waals surface area contributed by atoms with Crippen LogP contribution in [0.3, 0.4) is 0 Å². The van der Waals surface area contributed by atoms with Crippen molar-refractivity contribution in [1.82, 2.24) is 0 Å². The van der Waals surface area contributed by atoms with Crippen molar-refractivity contribution in [3.63, 3.8) is 0 Å². The summed E-state index contributed by atoms with van der Waals surface area (Å²) in [5.41, 5.74) is 0.920. The monoisotopic (exact) mass is 311 g/mol. The van der Waals surface area contributed by atoms with E-state index in [0.29, 0.717) is 0 Å². The van der Waals surface area contributed by atoms with Crippen molar-refractivity contribution in [2.75, 3.05) is 11.9 Å². The number of benzene rings is 1. The quantitative estimate of drug-likeness (QED) is 0.648. The summed E-state index contributed by atoms with van der Waals surface area (Å²) in [6.07, 6.45) is 3.17. The van der Waals surface area contributed by atoms with E-state index in [2.05, 4.69) is 21.2 Å². The largest absolute Gasteiger partial charge is 0.461 e. The number of rotatable bonds is 6. The third kappa shape index (κ3) is 5.63. The van der Waals surface area contributed by atoms with Gasteiger partial charge in [0.05, 0.1) is 5.69 Å². The minimum atomic E-state index is -0.506. The highest BCUT2D eigenvalue weighted by atomic mass is 79.9. The zero-order valence-corrected chi connectivity index (χ0v) is 11.6. The average Bonchev–Trinajstić information content (AvgIpc) is 2.30. The van der Waals surface area contributed by atoms with Crippen LogP contribution in [0.15, 0.2) is 41.0 Å². The van der Waals surface area contributed by atoms with Gasteiger partial charge in [0.1, 0.15) is 18.8 Å². The van der Waals surface area contributed by atoms with E-state index in [4.69, 9.17) is 4.74 Å². The Balaban J connectivity index is 2.28. The van der Waals surface area contributed by atoms with E-state index in [0.717, 1.165) is 10.2 Å². The molecule has 1 N–H and O–H groups in total. The number of hydrogen-bond acceptors (Lipinski definition) is 4. The number of Topliss-reactive ketones (excluding diaryl/α,β-unsaturated/α-hetero) is 1. The maximum Gasteiger partial charge on any atom is 0.313 e. The summed E-state index contributed by atoms with van der Waals surface area (Å²) in [7, 11) is 0. The van der Waals surface area contributed by atoms with Crippen LogP contribution < -0.4 is 5.32 Å². The Labute approximate surface area is 114 Å². The molecule has 1 aromatic rings. The number of anilines is 1. The first-order valence-electron chi connectivity index (χ1n) is 5.40. The van der Waals surface area contributed by atoms with Crippen LogP contribution >= 0.6 is 15.9 Å². The van der Waals surface area contributed by atoms with Gasteiger partial charge >= 0.3 is 5.97 Å². The highest BCUT2D eigenvalue weighted by molar-refractivity contribution is 9.10. The Morgan fingerprint density at radius 3 is 2.78 bits per heavy atom. The highest BCUT2D eigenvalue weighted by Crippen LogP contribution is 2.20. The van der Waals surface area contributed by atoms with Crippen LogP contribution in [0.1, 0.15) is 13.3 Å². The number of carbonyl (C=O) groups is 2. The summed E-state index contributed by atoms with van der Waals surface area (Å²) in [4.78, 5) is 21.7. The van der Waals surface area contributed by atoms with Gasteiger partial charge in [-0.1, -0.05) is 12.1 Å². The molecule has 0 spiro atoms. The molecule has 0 unspecified atom stereocenters. The molecule has 0 saturated heterocycles. The lowest BCUT2D eigenvalue weighted by Crippen LogP contribution is -2.08. The summed E-state index contributed by atoms with van der Waals surface area (Å²) >= 11 is 3.40. The second-order valence-corrected chi connectivity index (χ2v) is 4.44. The van der Waals surface area contributed by atoms with Crippen LogP contribution in [0.2, 0.25) is 0 Å². The smallest absolute Gasteiger partial charge is 0.313 e. The molecule has 0 saturated carbocycles. The van der Waals surface area contributed by atoms with Crippen LogP contribution in [-0.4, -0.2) is 18.4 Å². The number of ether oxygens (including phenoxy) is 1. The third-order valence-electron chi connectivity index (χ3n) is 1.96. The van der Waals surface area contributed by atoms with E-state index in [1.54, 1.807) is 12.3 Å². The number of para-hydroxylation sites is 1. The van der Waals surface area contributed by atoms with Crippen LogP contribution in [-0.2, 0) is 14.3 Å². The SMILES string of the molecule is CC(=O)CC(=O)OCC=CNc1ccccc1Br. The zero-order valence-electron chi connectivity index (χ0n) is 9.98. The van der Waals surface area contributed by atoms with Crippen molar-refractivity contribution in [3.05, 3.63) is 41.0 Å². The predicted octanol–water partition coefficient (Wildman–Crippen LogP) is 2.90. The fourth-order valence-corrected chi connectivity index (χ4v) is 1.57. The van der Waals surface area contributed by atoms with E-state index in [-0.39, 0.29) is 18.8 Å². The van der Waals surface area contributed by atoms with Gasteiger partial charge in [0, 0.05) is 10.7 Å². The minimum Gasteiger partial charge on any atom is -0.461 e. The third-order valence-corrected chi connectivity index (χ3v) is 2.66. The molecule has 5 heteroatoms. The fourth-order valence-electron chi connectivity index (χ4n) is 1.17. The second-order valence-electron chi connectivity index (χ2n) is 3.59. The number of hydrogen-bond donors (Lipinski definition) is 1. The number of nitrogens with one attached hydrogen (secondary N) is 1. The van der Waals surface area contributed by atoms with Crippen LogP contribution in [0.25, 0.3) is 0 Å². The first-order valence-corrected chi connectivity index (χ1v) is 6.20. The molecule has 0 aliphatic rings. The van der Waals surface area contributed by atoms with Crippen LogP contribution in [0.5, 0.6) is 0 Å². The normalized spacial score (nSPS) is 10.3. The molecule has 1 rings (SSSR count). The average molecular weight is 312 g/mol. The molecule has 4 nitrogen and oxygen atoms in total. The Bertz CT molecular complexity index is 457. The van der Waals surface area contributed by atoms with Gasteiger partial charge in [0.2, 0.25) is 0 Å². The van der Waals surface area contributed by atoms with E-state index < -0.39 is 5.97 Å². The number of halogens is 1. The molecule has 0 radical (unpaired) electrons. The molecule has 0 aromatic heterocycles. The molecule has 0 heterocycles. The van der Waals surface area contributed by atoms with Crippen molar-refractivity contribution in [1.29, 1.82) is 0 Å². The topological polar surface area (TPSA) is 55.4 Å². The summed E-state index contributed by atoms with van der Waals surface area (Å²) < 4.78 is 5.77. The lowest BCUT2D eigenvalue weighted by Gasteiger charge is -2.03. The molecule has 1 aromatic carbocycles. The summed E-state index contributed by atoms with van der Waals surface area (Å²) in [5.74, 6) is -0.705. The lowest BCUT2D eigenvalue weighted by atomic mass is 10.3. The Morgan fingerprint density at radius 1 is 1.39 bits per heavy atom. The van der Waals surface area contributed by atoms with E-state index >= 15 is 0 Å².